The van der Waals surface area contributed by atoms with Crippen molar-refractivity contribution in [2.45, 2.75) is 65.7 Å². The van der Waals surface area contributed by atoms with Crippen LogP contribution in [0.15, 0.2) is 24.3 Å². The summed E-state index contributed by atoms with van der Waals surface area (Å²) in [6.07, 6.45) is 1.29. The van der Waals surface area contributed by atoms with E-state index in [0.29, 0.717) is 28.3 Å². The Labute approximate surface area is 176 Å². The van der Waals surface area contributed by atoms with Crippen LogP contribution in [0.3, 0.4) is 0 Å². The smallest absolute Gasteiger partial charge is 0.311 e. The van der Waals surface area contributed by atoms with Gasteiger partial charge < -0.3 is 5.11 Å². The number of aromatic nitrogens is 3. The highest BCUT2D eigenvalue weighted by molar-refractivity contribution is 6.34. The SMILES string of the molecule is CCCC(C(=O)O)c1c(C)nc2c(Cl)c(C(C)(C)C)nn2c1-c1ccc(C)cc1. The highest BCUT2D eigenvalue weighted by Gasteiger charge is 2.31. The Kier molecular flexibility index (Phi) is 5.72. The average molecular weight is 414 g/mol. The summed E-state index contributed by atoms with van der Waals surface area (Å²) in [5.74, 6) is -1.51. The molecule has 0 saturated heterocycles. The largest absolute Gasteiger partial charge is 0.481 e. The van der Waals surface area contributed by atoms with Gasteiger partial charge in [0.1, 0.15) is 5.02 Å². The molecule has 0 aliphatic heterocycles. The summed E-state index contributed by atoms with van der Waals surface area (Å²) in [5.41, 5.74) is 5.22. The molecule has 3 aromatic rings. The number of aliphatic carboxylic acids is 1. The third kappa shape index (κ3) is 3.88. The molecule has 0 amide bonds. The zero-order valence-corrected chi connectivity index (χ0v) is 18.6. The van der Waals surface area contributed by atoms with E-state index in [-0.39, 0.29) is 5.41 Å². The van der Waals surface area contributed by atoms with Gasteiger partial charge in [-0.15, -0.1) is 0 Å². The molecule has 154 valence electrons. The number of hydrogen-bond donors (Lipinski definition) is 1. The summed E-state index contributed by atoms with van der Waals surface area (Å²) in [6, 6.07) is 8.05. The van der Waals surface area contributed by atoms with Crippen LogP contribution in [-0.2, 0) is 10.2 Å². The van der Waals surface area contributed by atoms with Gasteiger partial charge >= 0.3 is 5.97 Å². The summed E-state index contributed by atoms with van der Waals surface area (Å²) < 4.78 is 1.74. The first kappa shape index (κ1) is 21.3. The predicted molar refractivity (Wildman–Crippen MR) is 117 cm³/mol. The van der Waals surface area contributed by atoms with Crippen molar-refractivity contribution in [3.63, 3.8) is 0 Å². The number of rotatable bonds is 5. The van der Waals surface area contributed by atoms with Crippen molar-refractivity contribution >= 4 is 23.2 Å². The molecule has 0 saturated carbocycles. The first-order valence-corrected chi connectivity index (χ1v) is 10.3. The van der Waals surface area contributed by atoms with Crippen LogP contribution < -0.4 is 0 Å². The third-order valence-electron chi connectivity index (χ3n) is 5.19. The van der Waals surface area contributed by atoms with Crippen molar-refractivity contribution in [2.75, 3.05) is 0 Å². The number of nitrogens with zero attached hydrogens (tertiary/aromatic N) is 3. The second-order valence-electron chi connectivity index (χ2n) is 8.65. The third-order valence-corrected chi connectivity index (χ3v) is 5.54. The first-order valence-electron chi connectivity index (χ1n) is 9.95. The topological polar surface area (TPSA) is 67.5 Å². The molecule has 1 aromatic carbocycles. The molecule has 0 bridgehead atoms. The number of aryl methyl sites for hydroxylation is 2. The van der Waals surface area contributed by atoms with Crippen LogP contribution in [0.2, 0.25) is 5.02 Å². The Balaban J connectivity index is 2.46. The van der Waals surface area contributed by atoms with E-state index in [1.165, 1.54) is 0 Å². The molecule has 1 unspecified atom stereocenters. The van der Waals surface area contributed by atoms with E-state index in [2.05, 4.69) is 20.8 Å². The molecule has 0 fully saturated rings. The zero-order chi connectivity index (χ0) is 21.5. The van der Waals surface area contributed by atoms with Crippen LogP contribution in [0.1, 0.15) is 69.0 Å². The highest BCUT2D eigenvalue weighted by atomic mass is 35.5. The maximum Gasteiger partial charge on any atom is 0.311 e. The molecule has 1 N–H and O–H groups in total. The molecule has 0 aliphatic carbocycles. The fourth-order valence-electron chi connectivity index (χ4n) is 3.71. The van der Waals surface area contributed by atoms with E-state index in [1.807, 2.05) is 45.0 Å². The number of benzene rings is 1. The van der Waals surface area contributed by atoms with Gasteiger partial charge in [-0.3, -0.25) is 4.79 Å². The van der Waals surface area contributed by atoms with E-state index in [9.17, 15) is 9.90 Å². The van der Waals surface area contributed by atoms with Crippen LogP contribution in [-0.4, -0.2) is 25.7 Å². The molecule has 1 atom stereocenters. The van der Waals surface area contributed by atoms with E-state index >= 15 is 0 Å². The number of hydrogen-bond acceptors (Lipinski definition) is 3. The molecular weight excluding hydrogens is 386 g/mol. The molecule has 5 nitrogen and oxygen atoms in total. The van der Waals surface area contributed by atoms with Crippen LogP contribution in [0.4, 0.5) is 0 Å². The van der Waals surface area contributed by atoms with E-state index in [0.717, 1.165) is 28.9 Å². The second-order valence-corrected chi connectivity index (χ2v) is 9.03. The maximum absolute atomic E-state index is 12.2. The quantitative estimate of drug-likeness (QED) is 0.562. The Morgan fingerprint density at radius 3 is 2.34 bits per heavy atom. The normalized spacial score (nSPS) is 13.1. The van der Waals surface area contributed by atoms with Crippen molar-refractivity contribution in [3.8, 4) is 11.3 Å². The van der Waals surface area contributed by atoms with Gasteiger partial charge in [0.2, 0.25) is 0 Å². The Morgan fingerprint density at radius 2 is 1.83 bits per heavy atom. The Bertz CT molecular complexity index is 1060. The number of carboxylic acids is 1. The van der Waals surface area contributed by atoms with Gasteiger partial charge in [-0.25, -0.2) is 9.50 Å². The maximum atomic E-state index is 12.2. The van der Waals surface area contributed by atoms with Gasteiger partial charge in [-0.05, 0) is 20.3 Å². The Hall–Kier alpha value is -2.40. The summed E-state index contributed by atoms with van der Waals surface area (Å²) >= 11 is 6.69. The molecule has 29 heavy (non-hydrogen) atoms. The van der Waals surface area contributed by atoms with Crippen molar-refractivity contribution in [1.82, 2.24) is 14.6 Å². The van der Waals surface area contributed by atoms with Crippen molar-refractivity contribution < 1.29 is 9.90 Å². The molecular formula is C23H28ClN3O2. The van der Waals surface area contributed by atoms with Crippen molar-refractivity contribution in [3.05, 3.63) is 51.8 Å². The molecule has 6 heteroatoms. The molecule has 3 rings (SSSR count). The zero-order valence-electron chi connectivity index (χ0n) is 17.9. The molecule has 2 heterocycles. The monoisotopic (exact) mass is 413 g/mol. The summed E-state index contributed by atoms with van der Waals surface area (Å²) in [6.45, 7) is 12.0. The highest BCUT2D eigenvalue weighted by Crippen LogP contribution is 2.38. The Morgan fingerprint density at radius 1 is 1.21 bits per heavy atom. The first-order chi connectivity index (χ1) is 13.6. The van der Waals surface area contributed by atoms with Crippen LogP contribution in [0, 0.1) is 13.8 Å². The fraction of sp³-hybridized carbons (Fsp3) is 0.435. The number of carboxylic acid groups (broad SMARTS) is 1. The lowest BCUT2D eigenvalue weighted by Gasteiger charge is -2.20. The standard InChI is InChI=1S/C23H28ClN3O2/c1-7-8-16(22(28)29)17-14(3)25-21-18(24)20(23(4,5)6)26-27(21)19(17)15-11-9-13(2)10-12-15/h9-12,16H,7-8H2,1-6H3,(H,28,29). The molecule has 2 aromatic heterocycles. The molecule has 0 spiro atoms. The van der Waals surface area contributed by atoms with Crippen molar-refractivity contribution in [1.29, 1.82) is 0 Å². The number of halogens is 1. The lowest BCUT2D eigenvalue weighted by molar-refractivity contribution is -0.139. The van der Waals surface area contributed by atoms with Gasteiger partial charge in [-0.2, -0.15) is 5.10 Å². The summed E-state index contributed by atoms with van der Waals surface area (Å²) in [7, 11) is 0. The predicted octanol–water partition coefficient (Wildman–Crippen LogP) is 5.93. The fourth-order valence-corrected chi connectivity index (χ4v) is 4.16. The van der Waals surface area contributed by atoms with Crippen LogP contribution in [0.25, 0.3) is 16.9 Å². The van der Waals surface area contributed by atoms with Gasteiger partial charge in [0.25, 0.3) is 0 Å². The van der Waals surface area contributed by atoms with Crippen molar-refractivity contribution in [2.24, 2.45) is 0 Å². The van der Waals surface area contributed by atoms with Gasteiger partial charge in [-0.1, -0.05) is 75.5 Å². The van der Waals surface area contributed by atoms with E-state index in [4.69, 9.17) is 21.7 Å². The minimum Gasteiger partial charge on any atom is -0.481 e. The lowest BCUT2D eigenvalue weighted by atomic mass is 9.89. The van der Waals surface area contributed by atoms with Gasteiger partial charge in [0.05, 0.1) is 17.3 Å². The number of fused-ring (bicyclic) bond motifs is 1. The van der Waals surface area contributed by atoms with Crippen LogP contribution in [0.5, 0.6) is 0 Å². The summed E-state index contributed by atoms with van der Waals surface area (Å²) in [5, 5.41) is 15.3. The number of carbonyl (C=O) groups is 1. The minimum atomic E-state index is -0.848. The lowest BCUT2D eigenvalue weighted by Crippen LogP contribution is -2.17. The second kappa shape index (κ2) is 7.79. The van der Waals surface area contributed by atoms with Gasteiger partial charge in [0.15, 0.2) is 5.65 Å². The molecule has 0 radical (unpaired) electrons. The van der Waals surface area contributed by atoms with Crippen LogP contribution >= 0.6 is 11.6 Å². The van der Waals surface area contributed by atoms with E-state index < -0.39 is 11.9 Å². The minimum absolute atomic E-state index is 0.265. The summed E-state index contributed by atoms with van der Waals surface area (Å²) in [4.78, 5) is 16.9. The molecule has 0 aliphatic rings. The average Bonchev–Trinajstić information content (AvgIpc) is 2.96. The van der Waals surface area contributed by atoms with Gasteiger partial charge in [0, 0.05) is 22.2 Å². The van der Waals surface area contributed by atoms with E-state index in [1.54, 1.807) is 4.52 Å².